The number of aromatic nitrogens is 1. The SMILES string of the molecule is O=C(Nc1cc(Br)c[nH]c1=O)C1CC(=O)N(c2ccc(Cl)cc2)C1. The second-order valence-electron chi connectivity index (χ2n) is 5.43. The molecule has 24 heavy (non-hydrogen) atoms. The molecule has 1 atom stereocenters. The zero-order valence-electron chi connectivity index (χ0n) is 12.4. The zero-order chi connectivity index (χ0) is 17.3. The number of anilines is 2. The average Bonchev–Trinajstić information content (AvgIpc) is 2.94. The van der Waals surface area contributed by atoms with Crippen LogP contribution in [0.25, 0.3) is 0 Å². The Labute approximate surface area is 150 Å². The molecule has 0 radical (unpaired) electrons. The molecule has 1 aromatic heterocycles. The van der Waals surface area contributed by atoms with Crippen LogP contribution in [0.15, 0.2) is 45.8 Å². The quantitative estimate of drug-likeness (QED) is 0.816. The second-order valence-corrected chi connectivity index (χ2v) is 6.78. The number of amides is 2. The maximum absolute atomic E-state index is 12.4. The Morgan fingerprint density at radius 1 is 1.29 bits per heavy atom. The van der Waals surface area contributed by atoms with Crippen molar-refractivity contribution < 1.29 is 9.59 Å². The first kappa shape index (κ1) is 16.7. The molecule has 1 aliphatic rings. The van der Waals surface area contributed by atoms with Gasteiger partial charge in [0.1, 0.15) is 5.69 Å². The summed E-state index contributed by atoms with van der Waals surface area (Å²) in [5.74, 6) is -1.02. The molecule has 0 bridgehead atoms. The van der Waals surface area contributed by atoms with Gasteiger partial charge in [-0.2, -0.15) is 0 Å². The van der Waals surface area contributed by atoms with Crippen LogP contribution in [0.4, 0.5) is 11.4 Å². The maximum Gasteiger partial charge on any atom is 0.271 e. The number of aromatic amines is 1. The number of hydrogen-bond acceptors (Lipinski definition) is 3. The number of benzene rings is 1. The molecular weight excluding hydrogens is 398 g/mol. The molecule has 1 unspecified atom stereocenters. The van der Waals surface area contributed by atoms with Gasteiger partial charge >= 0.3 is 0 Å². The summed E-state index contributed by atoms with van der Waals surface area (Å²) in [5.41, 5.74) is 0.442. The van der Waals surface area contributed by atoms with Crippen molar-refractivity contribution in [1.82, 2.24) is 4.98 Å². The Morgan fingerprint density at radius 3 is 2.71 bits per heavy atom. The van der Waals surface area contributed by atoms with Crippen LogP contribution in [-0.2, 0) is 9.59 Å². The molecule has 1 fully saturated rings. The van der Waals surface area contributed by atoms with Gasteiger partial charge in [0.25, 0.3) is 5.56 Å². The summed E-state index contributed by atoms with van der Waals surface area (Å²) in [6, 6.07) is 8.38. The lowest BCUT2D eigenvalue weighted by atomic mass is 10.1. The fraction of sp³-hybridized carbons (Fsp3) is 0.188. The Balaban J connectivity index is 1.73. The van der Waals surface area contributed by atoms with Crippen LogP contribution in [-0.4, -0.2) is 23.3 Å². The van der Waals surface area contributed by atoms with E-state index in [0.717, 1.165) is 0 Å². The monoisotopic (exact) mass is 409 g/mol. The van der Waals surface area contributed by atoms with E-state index in [1.807, 2.05) is 0 Å². The molecule has 0 saturated carbocycles. The van der Waals surface area contributed by atoms with Crippen LogP contribution in [0.2, 0.25) is 5.02 Å². The highest BCUT2D eigenvalue weighted by atomic mass is 79.9. The molecule has 6 nitrogen and oxygen atoms in total. The van der Waals surface area contributed by atoms with Gasteiger partial charge in [0.2, 0.25) is 11.8 Å². The molecular formula is C16H13BrClN3O3. The van der Waals surface area contributed by atoms with Crippen molar-refractivity contribution in [2.45, 2.75) is 6.42 Å². The second kappa shape index (κ2) is 6.78. The number of hydrogen-bond donors (Lipinski definition) is 2. The van der Waals surface area contributed by atoms with Crippen LogP contribution in [0, 0.1) is 5.92 Å². The van der Waals surface area contributed by atoms with E-state index in [0.29, 0.717) is 15.2 Å². The van der Waals surface area contributed by atoms with E-state index in [1.165, 1.54) is 12.3 Å². The Kier molecular flexibility index (Phi) is 4.73. The average molecular weight is 411 g/mol. The lowest BCUT2D eigenvalue weighted by molar-refractivity contribution is -0.122. The van der Waals surface area contributed by atoms with Crippen molar-refractivity contribution in [1.29, 1.82) is 0 Å². The van der Waals surface area contributed by atoms with Gasteiger partial charge in [0.05, 0.1) is 5.92 Å². The molecule has 1 saturated heterocycles. The third-order valence-corrected chi connectivity index (χ3v) is 4.47. The number of pyridine rings is 1. The van der Waals surface area contributed by atoms with E-state index in [1.54, 1.807) is 29.2 Å². The number of carbonyl (C=O) groups is 2. The van der Waals surface area contributed by atoms with Crippen LogP contribution in [0.1, 0.15) is 6.42 Å². The van der Waals surface area contributed by atoms with Crippen molar-refractivity contribution in [3.05, 3.63) is 56.4 Å². The van der Waals surface area contributed by atoms with Gasteiger partial charge in [-0.05, 0) is 46.3 Å². The van der Waals surface area contributed by atoms with E-state index in [9.17, 15) is 14.4 Å². The van der Waals surface area contributed by atoms with E-state index in [2.05, 4.69) is 26.2 Å². The minimum Gasteiger partial charge on any atom is -0.326 e. The number of halogens is 2. The number of H-pyrrole nitrogens is 1. The largest absolute Gasteiger partial charge is 0.326 e. The molecule has 8 heteroatoms. The Bertz CT molecular complexity index is 850. The minimum atomic E-state index is -0.522. The Hall–Kier alpha value is -2.12. The predicted octanol–water partition coefficient (Wildman–Crippen LogP) is 2.78. The summed E-state index contributed by atoms with van der Waals surface area (Å²) in [4.78, 5) is 40.3. The van der Waals surface area contributed by atoms with Gasteiger partial charge in [-0.1, -0.05) is 11.6 Å². The van der Waals surface area contributed by atoms with Gasteiger partial charge in [-0.25, -0.2) is 0 Å². The van der Waals surface area contributed by atoms with Gasteiger partial charge in [0.15, 0.2) is 0 Å². The van der Waals surface area contributed by atoms with Crippen molar-refractivity contribution in [2.75, 3.05) is 16.8 Å². The summed E-state index contributed by atoms with van der Waals surface area (Å²) < 4.78 is 0.641. The van der Waals surface area contributed by atoms with E-state index in [4.69, 9.17) is 11.6 Å². The van der Waals surface area contributed by atoms with Crippen LogP contribution < -0.4 is 15.8 Å². The Morgan fingerprint density at radius 2 is 2.00 bits per heavy atom. The number of carbonyl (C=O) groups excluding carboxylic acids is 2. The lowest BCUT2D eigenvalue weighted by Gasteiger charge is -2.16. The van der Waals surface area contributed by atoms with Gasteiger partial charge in [-0.15, -0.1) is 0 Å². The molecule has 2 heterocycles. The highest BCUT2D eigenvalue weighted by Crippen LogP contribution is 2.27. The van der Waals surface area contributed by atoms with Crippen molar-refractivity contribution in [3.8, 4) is 0 Å². The van der Waals surface area contributed by atoms with E-state index < -0.39 is 11.5 Å². The first-order chi connectivity index (χ1) is 11.4. The minimum absolute atomic E-state index is 0.0976. The van der Waals surface area contributed by atoms with Crippen LogP contribution in [0.5, 0.6) is 0 Å². The fourth-order valence-corrected chi connectivity index (χ4v) is 3.01. The van der Waals surface area contributed by atoms with Crippen LogP contribution in [0.3, 0.4) is 0 Å². The summed E-state index contributed by atoms with van der Waals surface area (Å²) in [6.07, 6.45) is 1.58. The molecule has 1 aromatic carbocycles. The highest BCUT2D eigenvalue weighted by molar-refractivity contribution is 9.10. The predicted molar refractivity (Wildman–Crippen MR) is 95.3 cm³/mol. The highest BCUT2D eigenvalue weighted by Gasteiger charge is 2.35. The third kappa shape index (κ3) is 3.52. The van der Waals surface area contributed by atoms with Crippen molar-refractivity contribution in [2.24, 2.45) is 5.92 Å². The van der Waals surface area contributed by atoms with Crippen LogP contribution >= 0.6 is 27.5 Å². The summed E-state index contributed by atoms with van der Waals surface area (Å²) in [5, 5.41) is 3.16. The molecule has 0 spiro atoms. The molecule has 2 amide bonds. The van der Waals surface area contributed by atoms with Gasteiger partial charge in [-0.3, -0.25) is 14.4 Å². The third-order valence-electron chi connectivity index (χ3n) is 3.76. The molecule has 3 rings (SSSR count). The van der Waals surface area contributed by atoms with Gasteiger partial charge in [0, 0.05) is 34.3 Å². The summed E-state index contributed by atoms with van der Waals surface area (Å²) in [6.45, 7) is 0.262. The lowest BCUT2D eigenvalue weighted by Crippen LogP contribution is -2.29. The maximum atomic E-state index is 12.4. The smallest absolute Gasteiger partial charge is 0.271 e. The van der Waals surface area contributed by atoms with E-state index in [-0.39, 0.29) is 30.5 Å². The van der Waals surface area contributed by atoms with Crippen molar-refractivity contribution >= 4 is 50.7 Å². The fourth-order valence-electron chi connectivity index (χ4n) is 2.54. The standard InChI is InChI=1S/C16H13BrClN3O3/c17-10-6-13(16(24)19-7-10)20-15(23)9-5-14(22)21(8-9)12-3-1-11(18)2-4-12/h1-4,6-7,9H,5,8H2,(H,19,24)(H,20,23). The normalized spacial score (nSPS) is 17.2. The first-order valence-electron chi connectivity index (χ1n) is 7.19. The molecule has 1 aliphatic heterocycles. The number of rotatable bonds is 3. The number of nitrogens with zero attached hydrogens (tertiary/aromatic N) is 1. The molecule has 2 aromatic rings. The van der Waals surface area contributed by atoms with E-state index >= 15 is 0 Å². The topological polar surface area (TPSA) is 82.3 Å². The zero-order valence-corrected chi connectivity index (χ0v) is 14.7. The van der Waals surface area contributed by atoms with Gasteiger partial charge < -0.3 is 15.2 Å². The number of nitrogens with one attached hydrogen (secondary N) is 2. The molecule has 124 valence electrons. The summed E-state index contributed by atoms with van der Waals surface area (Å²) in [7, 11) is 0. The molecule has 0 aliphatic carbocycles. The summed E-state index contributed by atoms with van der Waals surface area (Å²) >= 11 is 9.08. The first-order valence-corrected chi connectivity index (χ1v) is 8.36. The van der Waals surface area contributed by atoms with Crippen molar-refractivity contribution in [3.63, 3.8) is 0 Å². The molecule has 2 N–H and O–H groups in total.